The maximum atomic E-state index is 5.55. The zero-order valence-corrected chi connectivity index (χ0v) is 13.3. The lowest BCUT2D eigenvalue weighted by Crippen LogP contribution is -2.26. The molecule has 1 aliphatic carbocycles. The molecule has 4 heterocycles. The Morgan fingerprint density at radius 1 is 0.957 bits per heavy atom. The minimum absolute atomic E-state index is 0.224. The molecule has 1 saturated carbocycles. The summed E-state index contributed by atoms with van der Waals surface area (Å²) in [5.74, 6) is 3.64. The molecule has 0 N–H and O–H groups in total. The van der Waals surface area contributed by atoms with Crippen LogP contribution in [0.4, 0.5) is 6.01 Å². The van der Waals surface area contributed by atoms with Gasteiger partial charge in [-0.2, -0.15) is 4.98 Å². The van der Waals surface area contributed by atoms with Crippen molar-refractivity contribution in [2.24, 2.45) is 0 Å². The van der Waals surface area contributed by atoms with Crippen molar-refractivity contribution in [3.8, 4) is 0 Å². The van der Waals surface area contributed by atoms with Gasteiger partial charge in [-0.1, -0.05) is 11.6 Å². The smallest absolute Gasteiger partial charge is 0.315 e. The van der Waals surface area contributed by atoms with Crippen LogP contribution in [0.3, 0.4) is 0 Å². The van der Waals surface area contributed by atoms with Crippen molar-refractivity contribution in [2.45, 2.75) is 69.9 Å². The van der Waals surface area contributed by atoms with E-state index in [1.54, 1.807) is 0 Å². The first kappa shape index (κ1) is 13.5. The highest BCUT2D eigenvalue weighted by atomic mass is 16.5. The van der Waals surface area contributed by atoms with Crippen LogP contribution in [-0.4, -0.2) is 31.4 Å². The Bertz CT molecular complexity index is 703. The molecule has 2 aliphatic heterocycles. The lowest BCUT2D eigenvalue weighted by atomic mass is 10.2. The van der Waals surface area contributed by atoms with Gasteiger partial charge in [0.1, 0.15) is 5.82 Å². The Kier molecular flexibility index (Phi) is 3.12. The van der Waals surface area contributed by atoms with Gasteiger partial charge in [-0.25, -0.2) is 0 Å². The molecule has 2 fully saturated rings. The van der Waals surface area contributed by atoms with Crippen LogP contribution in [0.15, 0.2) is 4.52 Å². The van der Waals surface area contributed by atoms with E-state index in [9.17, 15) is 0 Å². The molecule has 2 aromatic heterocycles. The van der Waals surface area contributed by atoms with Gasteiger partial charge in [0, 0.05) is 25.4 Å². The van der Waals surface area contributed by atoms with Crippen LogP contribution in [0.5, 0.6) is 0 Å². The lowest BCUT2D eigenvalue weighted by molar-refractivity contribution is 0.400. The first-order valence-corrected chi connectivity index (χ1v) is 8.92. The monoisotopic (exact) mass is 314 g/mol. The fourth-order valence-electron chi connectivity index (χ4n) is 3.87. The standard InChI is InChI=1S/C16H22N6O/c1-2-6-13-18-19-15(22(13)9-3-1)12-5-4-10-21(12)16-17-14(20-23-16)11-7-8-11/h11-12H,1-10H2/t12-/m1/s1. The van der Waals surface area contributed by atoms with E-state index < -0.39 is 0 Å². The number of rotatable bonds is 3. The van der Waals surface area contributed by atoms with E-state index in [1.807, 2.05) is 0 Å². The van der Waals surface area contributed by atoms with Gasteiger partial charge in [-0.05, 0) is 38.5 Å². The van der Waals surface area contributed by atoms with Gasteiger partial charge in [-0.3, -0.25) is 0 Å². The lowest BCUT2D eigenvalue weighted by Gasteiger charge is -2.22. The molecular formula is C16H22N6O. The number of hydrogen-bond acceptors (Lipinski definition) is 6. The largest absolute Gasteiger partial charge is 0.324 e. The number of fused-ring (bicyclic) bond motifs is 1. The Hall–Kier alpha value is -1.92. The summed E-state index contributed by atoms with van der Waals surface area (Å²) in [5, 5.41) is 13.2. The maximum Gasteiger partial charge on any atom is 0.324 e. The summed E-state index contributed by atoms with van der Waals surface area (Å²) in [6, 6.07) is 0.891. The average Bonchev–Trinajstić information content (AvgIpc) is 3.01. The molecule has 122 valence electrons. The quantitative estimate of drug-likeness (QED) is 0.867. The van der Waals surface area contributed by atoms with E-state index in [0.717, 1.165) is 49.8 Å². The summed E-state index contributed by atoms with van der Waals surface area (Å²) in [6.07, 6.45) is 9.38. The minimum Gasteiger partial charge on any atom is -0.315 e. The zero-order chi connectivity index (χ0) is 15.2. The minimum atomic E-state index is 0.224. The number of aryl methyl sites for hydroxylation is 1. The third-order valence-corrected chi connectivity index (χ3v) is 5.31. The molecule has 0 amide bonds. The van der Waals surface area contributed by atoms with Crippen LogP contribution in [-0.2, 0) is 13.0 Å². The highest BCUT2D eigenvalue weighted by Gasteiger charge is 2.36. The summed E-state index contributed by atoms with van der Waals surface area (Å²) in [5.41, 5.74) is 0. The first-order valence-electron chi connectivity index (χ1n) is 8.92. The van der Waals surface area contributed by atoms with Crippen LogP contribution >= 0.6 is 0 Å². The molecule has 0 spiro atoms. The van der Waals surface area contributed by atoms with Gasteiger partial charge in [-0.15, -0.1) is 10.2 Å². The Morgan fingerprint density at radius 3 is 2.83 bits per heavy atom. The molecule has 7 nitrogen and oxygen atoms in total. The molecule has 3 aliphatic rings. The van der Waals surface area contributed by atoms with Gasteiger partial charge in [0.15, 0.2) is 11.6 Å². The normalized spacial score (nSPS) is 24.7. The fraction of sp³-hybridized carbons (Fsp3) is 0.750. The van der Waals surface area contributed by atoms with Crippen molar-refractivity contribution < 1.29 is 4.52 Å². The highest BCUT2D eigenvalue weighted by Crippen LogP contribution is 2.40. The molecule has 5 rings (SSSR count). The van der Waals surface area contributed by atoms with E-state index in [4.69, 9.17) is 4.52 Å². The summed E-state index contributed by atoms with van der Waals surface area (Å²) in [4.78, 5) is 6.87. The summed E-state index contributed by atoms with van der Waals surface area (Å²) in [7, 11) is 0. The summed E-state index contributed by atoms with van der Waals surface area (Å²) >= 11 is 0. The Morgan fingerprint density at radius 2 is 1.91 bits per heavy atom. The fourth-order valence-corrected chi connectivity index (χ4v) is 3.87. The van der Waals surface area contributed by atoms with Crippen molar-refractivity contribution in [3.05, 3.63) is 17.5 Å². The predicted octanol–water partition coefficient (Wildman–Crippen LogP) is 2.61. The Balaban J connectivity index is 1.45. The molecule has 0 radical (unpaired) electrons. The number of nitrogens with zero attached hydrogens (tertiary/aromatic N) is 6. The number of anilines is 1. The van der Waals surface area contributed by atoms with Crippen LogP contribution in [0.1, 0.15) is 74.4 Å². The highest BCUT2D eigenvalue weighted by molar-refractivity contribution is 5.33. The molecule has 0 aromatic carbocycles. The van der Waals surface area contributed by atoms with E-state index in [1.165, 1.54) is 32.1 Å². The first-order chi connectivity index (χ1) is 11.4. The molecule has 0 unspecified atom stereocenters. The van der Waals surface area contributed by atoms with Gasteiger partial charge in [0.05, 0.1) is 6.04 Å². The SMILES string of the molecule is C1CCc2nnc([C@H]3CCCN3c3nc(C4CC4)no3)n2CC1. The third kappa shape index (κ3) is 2.33. The van der Waals surface area contributed by atoms with Crippen LogP contribution in [0.25, 0.3) is 0 Å². The molecule has 1 atom stereocenters. The van der Waals surface area contributed by atoms with Crippen molar-refractivity contribution in [1.82, 2.24) is 24.9 Å². The van der Waals surface area contributed by atoms with Crippen LogP contribution in [0, 0.1) is 0 Å². The molecule has 7 heteroatoms. The molecule has 0 bridgehead atoms. The Labute approximate surface area is 135 Å². The molecule has 2 aromatic rings. The van der Waals surface area contributed by atoms with Gasteiger partial charge in [0.25, 0.3) is 0 Å². The van der Waals surface area contributed by atoms with E-state index in [0.29, 0.717) is 11.9 Å². The van der Waals surface area contributed by atoms with Crippen molar-refractivity contribution in [1.29, 1.82) is 0 Å². The zero-order valence-electron chi connectivity index (χ0n) is 13.3. The second kappa shape index (κ2) is 5.32. The molecule has 23 heavy (non-hydrogen) atoms. The summed E-state index contributed by atoms with van der Waals surface area (Å²) in [6.45, 7) is 2.00. The molecular weight excluding hydrogens is 292 g/mol. The van der Waals surface area contributed by atoms with Crippen molar-refractivity contribution >= 4 is 6.01 Å². The van der Waals surface area contributed by atoms with Crippen LogP contribution < -0.4 is 4.90 Å². The second-order valence-electron chi connectivity index (χ2n) is 7.00. The second-order valence-corrected chi connectivity index (χ2v) is 7.00. The molecule has 1 saturated heterocycles. The number of hydrogen-bond donors (Lipinski definition) is 0. The summed E-state index contributed by atoms with van der Waals surface area (Å²) < 4.78 is 7.90. The predicted molar refractivity (Wildman–Crippen MR) is 83.2 cm³/mol. The average molecular weight is 314 g/mol. The van der Waals surface area contributed by atoms with Gasteiger partial charge >= 0.3 is 6.01 Å². The van der Waals surface area contributed by atoms with E-state index in [2.05, 4.69) is 29.8 Å². The van der Waals surface area contributed by atoms with E-state index in [-0.39, 0.29) is 6.04 Å². The van der Waals surface area contributed by atoms with E-state index >= 15 is 0 Å². The number of aromatic nitrogens is 5. The van der Waals surface area contributed by atoms with Crippen molar-refractivity contribution in [2.75, 3.05) is 11.4 Å². The third-order valence-electron chi connectivity index (χ3n) is 5.31. The maximum absolute atomic E-state index is 5.55. The van der Waals surface area contributed by atoms with Gasteiger partial charge in [0.2, 0.25) is 0 Å². The van der Waals surface area contributed by atoms with Crippen molar-refractivity contribution in [3.63, 3.8) is 0 Å². The topological polar surface area (TPSA) is 72.9 Å². The van der Waals surface area contributed by atoms with Gasteiger partial charge < -0.3 is 14.0 Å². The van der Waals surface area contributed by atoms with Crippen LogP contribution in [0.2, 0.25) is 0 Å².